The van der Waals surface area contributed by atoms with Gasteiger partial charge in [-0.2, -0.15) is 0 Å². The fourth-order valence-corrected chi connectivity index (χ4v) is 4.00. The molecule has 0 amide bonds. The first-order valence-corrected chi connectivity index (χ1v) is 7.61. The molecule has 0 N–H and O–H groups in total. The van der Waals surface area contributed by atoms with E-state index < -0.39 is 0 Å². The number of piperidine rings is 2. The first kappa shape index (κ1) is 12.0. The number of rotatable bonds is 2. The van der Waals surface area contributed by atoms with Crippen molar-refractivity contribution in [1.29, 1.82) is 0 Å². The van der Waals surface area contributed by atoms with Crippen molar-refractivity contribution in [3.63, 3.8) is 0 Å². The maximum Gasteiger partial charge on any atom is 0.0213 e. The van der Waals surface area contributed by atoms with Crippen LogP contribution >= 0.6 is 0 Å². The smallest absolute Gasteiger partial charge is 0.0213 e. The van der Waals surface area contributed by atoms with Crippen LogP contribution in [0.2, 0.25) is 0 Å². The van der Waals surface area contributed by atoms with Gasteiger partial charge >= 0.3 is 0 Å². The summed E-state index contributed by atoms with van der Waals surface area (Å²) in [6.45, 7) is 7.88. The van der Waals surface area contributed by atoms with Crippen molar-refractivity contribution in [3.8, 4) is 0 Å². The predicted octanol–water partition coefficient (Wildman–Crippen LogP) is 2.59. The van der Waals surface area contributed by atoms with Crippen LogP contribution in [-0.4, -0.2) is 48.6 Å². The van der Waals surface area contributed by atoms with Crippen LogP contribution in [0.4, 0.5) is 0 Å². The van der Waals surface area contributed by atoms with Crippen molar-refractivity contribution in [2.24, 2.45) is 11.8 Å². The molecule has 98 valence electrons. The van der Waals surface area contributed by atoms with E-state index in [-0.39, 0.29) is 0 Å². The Kier molecular flexibility index (Phi) is 3.20. The highest BCUT2D eigenvalue weighted by atomic mass is 15.2. The molecule has 2 saturated heterocycles. The lowest BCUT2D eigenvalue weighted by molar-refractivity contribution is 0.0665. The van der Waals surface area contributed by atoms with Gasteiger partial charge < -0.3 is 4.90 Å². The number of nitrogens with zero attached hydrogens (tertiary/aromatic N) is 2. The Morgan fingerprint density at radius 1 is 1.06 bits per heavy atom. The summed E-state index contributed by atoms with van der Waals surface area (Å²) >= 11 is 0. The third-order valence-electron chi connectivity index (χ3n) is 5.43. The molecule has 0 aromatic heterocycles. The lowest BCUT2D eigenvalue weighted by Crippen LogP contribution is -2.47. The SMILES string of the molecule is CC1CCN(CC2CCN(C)CC2)C2(CC2)C1. The van der Waals surface area contributed by atoms with Crippen molar-refractivity contribution in [2.75, 3.05) is 33.2 Å². The van der Waals surface area contributed by atoms with Crippen LogP contribution < -0.4 is 0 Å². The second-order valence-electron chi connectivity index (χ2n) is 7.01. The maximum atomic E-state index is 2.88. The Hall–Kier alpha value is -0.0800. The molecule has 3 fully saturated rings. The minimum Gasteiger partial charge on any atom is -0.306 e. The molecule has 1 atom stereocenters. The third kappa shape index (κ3) is 2.53. The molecular weight excluding hydrogens is 208 g/mol. The summed E-state index contributed by atoms with van der Waals surface area (Å²) in [4.78, 5) is 5.37. The molecule has 0 aromatic carbocycles. The van der Waals surface area contributed by atoms with E-state index in [9.17, 15) is 0 Å². The average Bonchev–Trinajstić information content (AvgIpc) is 3.06. The van der Waals surface area contributed by atoms with Gasteiger partial charge in [-0.1, -0.05) is 6.92 Å². The average molecular weight is 236 g/mol. The van der Waals surface area contributed by atoms with Crippen LogP contribution in [0.5, 0.6) is 0 Å². The Balaban J connectivity index is 1.54. The topological polar surface area (TPSA) is 6.48 Å². The van der Waals surface area contributed by atoms with E-state index >= 15 is 0 Å². The van der Waals surface area contributed by atoms with Crippen molar-refractivity contribution in [3.05, 3.63) is 0 Å². The van der Waals surface area contributed by atoms with E-state index in [1.807, 2.05) is 0 Å². The second kappa shape index (κ2) is 4.55. The van der Waals surface area contributed by atoms with Gasteiger partial charge in [-0.05, 0) is 77.0 Å². The summed E-state index contributed by atoms with van der Waals surface area (Å²) in [5, 5.41) is 0. The highest BCUT2D eigenvalue weighted by molar-refractivity contribution is 5.07. The van der Waals surface area contributed by atoms with Gasteiger partial charge in [0.05, 0.1) is 0 Å². The molecule has 2 aliphatic heterocycles. The first-order valence-electron chi connectivity index (χ1n) is 7.61. The molecule has 1 unspecified atom stereocenters. The van der Waals surface area contributed by atoms with E-state index in [2.05, 4.69) is 23.8 Å². The van der Waals surface area contributed by atoms with Gasteiger partial charge in [-0.15, -0.1) is 0 Å². The zero-order valence-corrected chi connectivity index (χ0v) is 11.6. The highest BCUT2D eigenvalue weighted by Gasteiger charge is 2.50. The summed E-state index contributed by atoms with van der Waals surface area (Å²) < 4.78 is 0. The van der Waals surface area contributed by atoms with Crippen LogP contribution in [-0.2, 0) is 0 Å². The monoisotopic (exact) mass is 236 g/mol. The Labute approximate surface area is 106 Å². The third-order valence-corrected chi connectivity index (χ3v) is 5.43. The molecule has 3 rings (SSSR count). The quantitative estimate of drug-likeness (QED) is 0.727. The molecule has 3 aliphatic rings. The van der Waals surface area contributed by atoms with E-state index in [0.717, 1.165) is 11.8 Å². The predicted molar refractivity (Wildman–Crippen MR) is 72.2 cm³/mol. The summed E-state index contributed by atoms with van der Waals surface area (Å²) in [6.07, 6.45) is 8.76. The van der Waals surface area contributed by atoms with Gasteiger partial charge in [0.1, 0.15) is 0 Å². The van der Waals surface area contributed by atoms with Crippen molar-refractivity contribution >= 4 is 0 Å². The summed E-state index contributed by atoms with van der Waals surface area (Å²) in [7, 11) is 2.27. The van der Waals surface area contributed by atoms with Gasteiger partial charge in [-0.25, -0.2) is 0 Å². The molecule has 1 saturated carbocycles. The molecule has 1 aliphatic carbocycles. The van der Waals surface area contributed by atoms with Gasteiger partial charge in [0.25, 0.3) is 0 Å². The van der Waals surface area contributed by atoms with E-state index in [0.29, 0.717) is 5.54 Å². The van der Waals surface area contributed by atoms with Crippen molar-refractivity contribution < 1.29 is 0 Å². The van der Waals surface area contributed by atoms with Crippen LogP contribution in [0.15, 0.2) is 0 Å². The first-order chi connectivity index (χ1) is 8.18. The normalized spacial score (nSPS) is 35.3. The van der Waals surface area contributed by atoms with Crippen molar-refractivity contribution in [1.82, 2.24) is 9.80 Å². The summed E-state index contributed by atoms with van der Waals surface area (Å²) in [6, 6.07) is 0. The van der Waals surface area contributed by atoms with Gasteiger partial charge in [0.2, 0.25) is 0 Å². The molecule has 0 radical (unpaired) electrons. The lowest BCUT2D eigenvalue weighted by atomic mass is 9.88. The zero-order valence-electron chi connectivity index (χ0n) is 11.6. The molecule has 2 heteroatoms. The minimum atomic E-state index is 0.682. The molecule has 17 heavy (non-hydrogen) atoms. The minimum absolute atomic E-state index is 0.682. The molecule has 2 heterocycles. The van der Waals surface area contributed by atoms with E-state index in [1.165, 1.54) is 64.7 Å². The summed E-state index contributed by atoms with van der Waals surface area (Å²) in [5.74, 6) is 1.96. The Bertz CT molecular complexity index is 264. The molecule has 1 spiro atoms. The fraction of sp³-hybridized carbons (Fsp3) is 1.00. The number of likely N-dealkylation sites (tertiary alicyclic amines) is 2. The molecular formula is C15H28N2. The standard InChI is InChI=1S/C15H28N2/c1-13-3-10-17(15(11-13)6-7-15)12-14-4-8-16(2)9-5-14/h13-14H,3-12H2,1-2H3. The molecule has 0 aromatic rings. The van der Waals surface area contributed by atoms with Gasteiger partial charge in [-0.3, -0.25) is 4.90 Å². The van der Waals surface area contributed by atoms with Crippen LogP contribution in [0, 0.1) is 11.8 Å². The van der Waals surface area contributed by atoms with Crippen LogP contribution in [0.3, 0.4) is 0 Å². The highest BCUT2D eigenvalue weighted by Crippen LogP contribution is 2.50. The fourth-order valence-electron chi connectivity index (χ4n) is 4.00. The largest absolute Gasteiger partial charge is 0.306 e. The Morgan fingerprint density at radius 3 is 2.41 bits per heavy atom. The van der Waals surface area contributed by atoms with Gasteiger partial charge in [0, 0.05) is 12.1 Å². The summed E-state index contributed by atoms with van der Waals surface area (Å²) in [5.41, 5.74) is 0.682. The van der Waals surface area contributed by atoms with E-state index in [1.54, 1.807) is 0 Å². The lowest BCUT2D eigenvalue weighted by Gasteiger charge is -2.42. The Morgan fingerprint density at radius 2 is 1.76 bits per heavy atom. The van der Waals surface area contributed by atoms with Crippen molar-refractivity contribution in [2.45, 2.75) is 51.0 Å². The number of hydrogen-bond acceptors (Lipinski definition) is 2. The van der Waals surface area contributed by atoms with Crippen LogP contribution in [0.1, 0.15) is 45.4 Å². The van der Waals surface area contributed by atoms with Gasteiger partial charge in [0.15, 0.2) is 0 Å². The molecule has 2 nitrogen and oxygen atoms in total. The molecule has 0 bridgehead atoms. The second-order valence-corrected chi connectivity index (χ2v) is 7.01. The van der Waals surface area contributed by atoms with Crippen LogP contribution in [0.25, 0.3) is 0 Å². The van der Waals surface area contributed by atoms with E-state index in [4.69, 9.17) is 0 Å². The zero-order chi connectivity index (χ0) is 11.9. The maximum absolute atomic E-state index is 2.88. The number of hydrogen-bond donors (Lipinski definition) is 0.